The lowest BCUT2D eigenvalue weighted by Gasteiger charge is -2.12. The molecule has 1 aromatic rings. The van der Waals surface area contributed by atoms with Crippen molar-refractivity contribution in [1.29, 1.82) is 0 Å². The molecule has 0 fully saturated rings. The maximum Gasteiger partial charge on any atom is 0.323 e. The van der Waals surface area contributed by atoms with Crippen LogP contribution in [0.2, 0.25) is 0 Å². The fourth-order valence-electron chi connectivity index (χ4n) is 1.36. The largest absolute Gasteiger partial charge is 0.461 e. The second-order valence-corrected chi connectivity index (χ2v) is 6.51. The quantitative estimate of drug-likeness (QED) is 0.747. The summed E-state index contributed by atoms with van der Waals surface area (Å²) in [5.74, 6) is 0.902. The molecule has 1 aromatic heterocycles. The van der Waals surface area contributed by atoms with Crippen LogP contribution in [-0.2, 0) is 10.8 Å². The third-order valence-electron chi connectivity index (χ3n) is 2.58. The Morgan fingerprint density at radius 3 is 2.40 bits per heavy atom. The van der Waals surface area contributed by atoms with Gasteiger partial charge in [-0.05, 0) is 20.3 Å². The summed E-state index contributed by atoms with van der Waals surface area (Å²) < 4.78 is 16.7. The van der Waals surface area contributed by atoms with Crippen molar-refractivity contribution < 1.29 is 8.95 Å². The number of nitrogens with zero attached hydrogens (tertiary/aromatic N) is 3. The topological polar surface area (TPSA) is 89.0 Å². The number of rotatable bonds is 8. The van der Waals surface area contributed by atoms with Crippen molar-refractivity contribution in [3.05, 3.63) is 0 Å². The molecular formula is C12H23N5O2S. The van der Waals surface area contributed by atoms with Crippen molar-refractivity contribution in [2.75, 3.05) is 30.5 Å². The van der Waals surface area contributed by atoms with Gasteiger partial charge in [-0.15, -0.1) is 0 Å². The second kappa shape index (κ2) is 7.98. The van der Waals surface area contributed by atoms with Crippen molar-refractivity contribution in [2.45, 2.75) is 38.5 Å². The molecule has 0 aliphatic rings. The van der Waals surface area contributed by atoms with Crippen LogP contribution in [0.4, 0.5) is 11.9 Å². The van der Waals surface area contributed by atoms with Crippen LogP contribution in [0.5, 0.6) is 6.01 Å². The van der Waals surface area contributed by atoms with Crippen LogP contribution in [0.3, 0.4) is 0 Å². The highest BCUT2D eigenvalue weighted by Crippen LogP contribution is 2.12. The summed E-state index contributed by atoms with van der Waals surface area (Å²) in [7, 11) is 0.920. The summed E-state index contributed by atoms with van der Waals surface area (Å²) in [6.07, 6.45) is 2.49. The van der Waals surface area contributed by atoms with Crippen molar-refractivity contribution in [3.8, 4) is 6.01 Å². The summed E-state index contributed by atoms with van der Waals surface area (Å²) in [5.41, 5.74) is 0. The van der Waals surface area contributed by atoms with Crippen molar-refractivity contribution in [2.24, 2.45) is 0 Å². The molecule has 7 nitrogen and oxygen atoms in total. The van der Waals surface area contributed by atoms with E-state index >= 15 is 0 Å². The molecule has 8 heteroatoms. The van der Waals surface area contributed by atoms with E-state index in [1.807, 2.05) is 20.8 Å². The van der Waals surface area contributed by atoms with Gasteiger partial charge < -0.3 is 15.4 Å². The van der Waals surface area contributed by atoms with Gasteiger partial charge in [0.2, 0.25) is 11.9 Å². The lowest BCUT2D eigenvalue weighted by atomic mass is 10.3. The van der Waals surface area contributed by atoms with E-state index in [0.29, 0.717) is 18.4 Å². The Labute approximate surface area is 122 Å². The maximum absolute atomic E-state index is 11.3. The normalized spacial score (nSPS) is 13.9. The van der Waals surface area contributed by atoms with Crippen LogP contribution < -0.4 is 15.4 Å². The SMILES string of the molecule is CNc1nc(NCCC(C)S(C)=O)nc(OC(C)C)n1. The third kappa shape index (κ3) is 5.68. The minimum Gasteiger partial charge on any atom is -0.461 e. The summed E-state index contributed by atoms with van der Waals surface area (Å²) in [5, 5.41) is 6.11. The van der Waals surface area contributed by atoms with Gasteiger partial charge in [-0.25, -0.2) is 0 Å². The minimum atomic E-state index is -0.817. The van der Waals surface area contributed by atoms with Gasteiger partial charge in [0.05, 0.1) is 6.10 Å². The molecule has 0 spiro atoms. The molecule has 0 saturated carbocycles. The molecule has 20 heavy (non-hydrogen) atoms. The molecule has 1 heterocycles. The monoisotopic (exact) mass is 301 g/mol. The van der Waals surface area contributed by atoms with Gasteiger partial charge in [0.15, 0.2) is 0 Å². The lowest BCUT2D eigenvalue weighted by molar-refractivity contribution is 0.222. The van der Waals surface area contributed by atoms with Crippen LogP contribution in [0.15, 0.2) is 0 Å². The summed E-state index contributed by atoms with van der Waals surface area (Å²) in [6.45, 7) is 6.43. The van der Waals surface area contributed by atoms with Gasteiger partial charge in [0.1, 0.15) is 0 Å². The number of ether oxygens (including phenoxy) is 1. The van der Waals surface area contributed by atoms with Crippen LogP contribution >= 0.6 is 0 Å². The lowest BCUT2D eigenvalue weighted by Crippen LogP contribution is -2.17. The van der Waals surface area contributed by atoms with E-state index in [1.54, 1.807) is 13.3 Å². The average molecular weight is 301 g/mol. The van der Waals surface area contributed by atoms with Gasteiger partial charge in [-0.2, -0.15) is 15.0 Å². The Kier molecular flexibility index (Phi) is 6.63. The molecule has 0 amide bonds. The molecule has 1 rings (SSSR count). The minimum absolute atomic E-state index is 0.00232. The smallest absolute Gasteiger partial charge is 0.323 e. The molecule has 114 valence electrons. The Morgan fingerprint density at radius 2 is 1.85 bits per heavy atom. The first kappa shape index (κ1) is 16.6. The van der Waals surface area contributed by atoms with Crippen molar-refractivity contribution in [1.82, 2.24) is 15.0 Å². The van der Waals surface area contributed by atoms with Crippen molar-refractivity contribution >= 4 is 22.7 Å². The van der Waals surface area contributed by atoms with Gasteiger partial charge >= 0.3 is 6.01 Å². The van der Waals surface area contributed by atoms with E-state index in [2.05, 4.69) is 25.6 Å². The highest BCUT2D eigenvalue weighted by atomic mass is 32.2. The van der Waals surface area contributed by atoms with Gasteiger partial charge in [-0.3, -0.25) is 4.21 Å². The Bertz CT molecular complexity index is 455. The average Bonchev–Trinajstić information content (AvgIpc) is 2.37. The Morgan fingerprint density at radius 1 is 1.20 bits per heavy atom. The van der Waals surface area contributed by atoms with Crippen LogP contribution in [-0.4, -0.2) is 50.4 Å². The summed E-state index contributed by atoms with van der Waals surface area (Å²) in [6, 6.07) is 0.286. The first-order chi connectivity index (χ1) is 9.42. The number of nitrogens with one attached hydrogen (secondary N) is 2. The zero-order valence-electron chi connectivity index (χ0n) is 12.6. The maximum atomic E-state index is 11.3. The molecule has 2 unspecified atom stereocenters. The zero-order valence-corrected chi connectivity index (χ0v) is 13.5. The first-order valence-corrected chi connectivity index (χ1v) is 8.21. The number of hydrogen-bond donors (Lipinski definition) is 2. The zero-order chi connectivity index (χ0) is 15.1. The molecule has 0 aliphatic heterocycles. The third-order valence-corrected chi connectivity index (χ3v) is 3.95. The van der Waals surface area contributed by atoms with E-state index in [-0.39, 0.29) is 17.4 Å². The van der Waals surface area contributed by atoms with Crippen LogP contribution in [0, 0.1) is 0 Å². The number of hydrogen-bond acceptors (Lipinski definition) is 7. The number of anilines is 2. The van der Waals surface area contributed by atoms with Gasteiger partial charge in [0.25, 0.3) is 0 Å². The summed E-state index contributed by atoms with van der Waals surface area (Å²) in [4.78, 5) is 12.5. The van der Waals surface area contributed by atoms with E-state index in [0.717, 1.165) is 6.42 Å². The van der Waals surface area contributed by atoms with Crippen molar-refractivity contribution in [3.63, 3.8) is 0 Å². The van der Waals surface area contributed by atoms with Crippen LogP contribution in [0.1, 0.15) is 27.2 Å². The fraction of sp³-hybridized carbons (Fsp3) is 0.750. The molecular weight excluding hydrogens is 278 g/mol. The van der Waals surface area contributed by atoms with E-state index in [9.17, 15) is 4.21 Å². The molecule has 0 aliphatic carbocycles. The molecule has 2 N–H and O–H groups in total. The molecule has 2 atom stereocenters. The van der Waals surface area contributed by atoms with Gasteiger partial charge in [0, 0.05) is 35.9 Å². The van der Waals surface area contributed by atoms with E-state index < -0.39 is 10.8 Å². The van der Waals surface area contributed by atoms with E-state index in [4.69, 9.17) is 4.74 Å². The molecule has 0 aromatic carbocycles. The van der Waals surface area contributed by atoms with Gasteiger partial charge in [-0.1, -0.05) is 6.92 Å². The number of aromatic nitrogens is 3. The molecule has 0 bridgehead atoms. The fourth-order valence-corrected chi connectivity index (χ4v) is 1.81. The molecule has 0 saturated heterocycles. The highest BCUT2D eigenvalue weighted by molar-refractivity contribution is 7.84. The van der Waals surface area contributed by atoms with Crippen LogP contribution in [0.25, 0.3) is 0 Å². The summed E-state index contributed by atoms with van der Waals surface area (Å²) >= 11 is 0. The predicted octanol–water partition coefficient (Wildman–Crippen LogP) is 1.27. The Hall–Kier alpha value is -1.44. The standard InChI is InChI=1S/C12H23N5O2S/c1-8(2)19-12-16-10(13-4)15-11(17-12)14-7-6-9(3)20(5)18/h8-9H,6-7H2,1-5H3,(H2,13,14,15,16,17). The predicted molar refractivity (Wildman–Crippen MR) is 81.8 cm³/mol. The first-order valence-electron chi connectivity index (χ1n) is 6.59. The highest BCUT2D eigenvalue weighted by Gasteiger charge is 2.09. The molecule has 0 radical (unpaired) electrons. The Balaban J connectivity index is 2.66. The second-order valence-electron chi connectivity index (χ2n) is 4.71. The van der Waals surface area contributed by atoms with E-state index in [1.165, 1.54) is 0 Å².